The van der Waals surface area contributed by atoms with Crippen LogP contribution in [0, 0.1) is 5.82 Å². The Morgan fingerprint density at radius 1 is 1.38 bits per heavy atom. The summed E-state index contributed by atoms with van der Waals surface area (Å²) in [7, 11) is 0. The minimum Gasteiger partial charge on any atom is -0.314 e. The zero-order valence-corrected chi connectivity index (χ0v) is 11.5. The van der Waals surface area contributed by atoms with E-state index in [1.165, 1.54) is 6.07 Å². The minimum atomic E-state index is -0.111. The SMILES string of the molecule is CCCNC(CC)Cc1cc(Br)ccc1F. The van der Waals surface area contributed by atoms with Crippen LogP contribution >= 0.6 is 15.9 Å². The van der Waals surface area contributed by atoms with Crippen molar-refractivity contribution >= 4 is 15.9 Å². The summed E-state index contributed by atoms with van der Waals surface area (Å²) in [6.07, 6.45) is 2.88. The zero-order valence-electron chi connectivity index (χ0n) is 9.89. The van der Waals surface area contributed by atoms with Gasteiger partial charge in [0.05, 0.1) is 0 Å². The number of hydrogen-bond acceptors (Lipinski definition) is 1. The second-order valence-electron chi connectivity index (χ2n) is 4.00. The fourth-order valence-electron chi connectivity index (χ4n) is 1.67. The summed E-state index contributed by atoms with van der Waals surface area (Å²) in [6, 6.07) is 5.49. The molecule has 90 valence electrons. The Morgan fingerprint density at radius 3 is 2.75 bits per heavy atom. The maximum absolute atomic E-state index is 13.5. The van der Waals surface area contributed by atoms with Crippen LogP contribution in [0.5, 0.6) is 0 Å². The summed E-state index contributed by atoms with van der Waals surface area (Å²) in [4.78, 5) is 0. The van der Waals surface area contributed by atoms with E-state index in [-0.39, 0.29) is 5.82 Å². The first kappa shape index (κ1) is 13.7. The highest BCUT2D eigenvalue weighted by atomic mass is 79.9. The Bertz CT molecular complexity index is 328. The highest BCUT2D eigenvalue weighted by Gasteiger charge is 2.10. The molecular formula is C13H19BrFN. The number of halogens is 2. The quantitative estimate of drug-likeness (QED) is 0.837. The molecule has 0 aliphatic carbocycles. The highest BCUT2D eigenvalue weighted by Crippen LogP contribution is 2.17. The molecule has 1 atom stereocenters. The van der Waals surface area contributed by atoms with Crippen LogP contribution < -0.4 is 5.32 Å². The molecule has 16 heavy (non-hydrogen) atoms. The van der Waals surface area contributed by atoms with Crippen LogP contribution in [0.2, 0.25) is 0 Å². The van der Waals surface area contributed by atoms with Gasteiger partial charge in [-0.1, -0.05) is 29.8 Å². The summed E-state index contributed by atoms with van der Waals surface area (Å²) in [5.41, 5.74) is 0.782. The predicted octanol–water partition coefficient (Wildman–Crippen LogP) is 3.91. The van der Waals surface area contributed by atoms with Gasteiger partial charge < -0.3 is 5.32 Å². The first-order valence-electron chi connectivity index (χ1n) is 5.84. The van der Waals surface area contributed by atoms with Gasteiger partial charge in [0.25, 0.3) is 0 Å². The zero-order chi connectivity index (χ0) is 12.0. The van der Waals surface area contributed by atoms with Crippen molar-refractivity contribution in [2.45, 2.75) is 39.2 Å². The molecule has 0 saturated carbocycles. The first-order valence-corrected chi connectivity index (χ1v) is 6.64. The summed E-state index contributed by atoms with van der Waals surface area (Å²) >= 11 is 3.37. The lowest BCUT2D eigenvalue weighted by atomic mass is 10.0. The average Bonchev–Trinajstić information content (AvgIpc) is 2.28. The van der Waals surface area contributed by atoms with Gasteiger partial charge in [-0.15, -0.1) is 0 Å². The molecule has 1 aromatic carbocycles. The van der Waals surface area contributed by atoms with Crippen LogP contribution in [0.1, 0.15) is 32.3 Å². The van der Waals surface area contributed by atoms with E-state index in [0.29, 0.717) is 6.04 Å². The molecule has 0 radical (unpaired) electrons. The molecule has 0 aliphatic rings. The lowest BCUT2D eigenvalue weighted by Gasteiger charge is -2.17. The van der Waals surface area contributed by atoms with Crippen LogP contribution in [-0.4, -0.2) is 12.6 Å². The van der Waals surface area contributed by atoms with Gasteiger partial charge in [-0.05, 0) is 49.6 Å². The van der Waals surface area contributed by atoms with E-state index in [1.807, 2.05) is 6.07 Å². The van der Waals surface area contributed by atoms with Crippen molar-refractivity contribution in [1.82, 2.24) is 5.32 Å². The van der Waals surface area contributed by atoms with Crippen molar-refractivity contribution in [3.63, 3.8) is 0 Å². The van der Waals surface area contributed by atoms with E-state index in [1.54, 1.807) is 6.07 Å². The molecule has 1 rings (SSSR count). The Balaban J connectivity index is 2.65. The standard InChI is InChI=1S/C13H19BrFN/c1-3-7-16-12(4-2)9-10-8-11(14)5-6-13(10)15/h5-6,8,12,16H,3-4,7,9H2,1-2H3. The Labute approximate surface area is 106 Å². The van der Waals surface area contributed by atoms with Crippen LogP contribution in [-0.2, 0) is 6.42 Å². The second kappa shape index (κ2) is 7.02. The van der Waals surface area contributed by atoms with Crippen molar-refractivity contribution in [3.8, 4) is 0 Å². The lowest BCUT2D eigenvalue weighted by Crippen LogP contribution is -2.31. The van der Waals surface area contributed by atoms with E-state index in [9.17, 15) is 4.39 Å². The second-order valence-corrected chi connectivity index (χ2v) is 4.91. The van der Waals surface area contributed by atoms with E-state index in [2.05, 4.69) is 35.1 Å². The molecule has 0 aromatic heterocycles. The molecule has 0 amide bonds. The summed E-state index contributed by atoms with van der Waals surface area (Å²) in [6.45, 7) is 5.26. The van der Waals surface area contributed by atoms with Crippen molar-refractivity contribution in [3.05, 3.63) is 34.1 Å². The van der Waals surface area contributed by atoms with Gasteiger partial charge in [0.2, 0.25) is 0 Å². The molecule has 0 bridgehead atoms. The monoisotopic (exact) mass is 287 g/mol. The van der Waals surface area contributed by atoms with Crippen LogP contribution in [0.15, 0.2) is 22.7 Å². The Morgan fingerprint density at radius 2 is 2.12 bits per heavy atom. The topological polar surface area (TPSA) is 12.0 Å². The number of nitrogens with one attached hydrogen (secondary N) is 1. The predicted molar refractivity (Wildman–Crippen MR) is 70.2 cm³/mol. The molecule has 1 unspecified atom stereocenters. The molecule has 1 aromatic rings. The van der Waals surface area contributed by atoms with Gasteiger partial charge in [0, 0.05) is 10.5 Å². The van der Waals surface area contributed by atoms with Crippen LogP contribution in [0.4, 0.5) is 4.39 Å². The van der Waals surface area contributed by atoms with Crippen LogP contribution in [0.25, 0.3) is 0 Å². The van der Waals surface area contributed by atoms with Crippen molar-refractivity contribution in [2.24, 2.45) is 0 Å². The summed E-state index contributed by atoms with van der Waals surface area (Å²) in [5, 5.41) is 3.43. The van der Waals surface area contributed by atoms with Crippen LogP contribution in [0.3, 0.4) is 0 Å². The fourth-order valence-corrected chi connectivity index (χ4v) is 2.08. The number of hydrogen-bond donors (Lipinski definition) is 1. The minimum absolute atomic E-state index is 0.111. The smallest absolute Gasteiger partial charge is 0.126 e. The fraction of sp³-hybridized carbons (Fsp3) is 0.538. The Kier molecular flexibility index (Phi) is 5.99. The molecule has 0 spiro atoms. The molecule has 1 nitrogen and oxygen atoms in total. The molecule has 0 fully saturated rings. The van der Waals surface area contributed by atoms with Gasteiger partial charge >= 0.3 is 0 Å². The lowest BCUT2D eigenvalue weighted by molar-refractivity contribution is 0.483. The molecule has 3 heteroatoms. The third-order valence-corrected chi connectivity index (χ3v) is 3.14. The summed E-state index contributed by atoms with van der Waals surface area (Å²) < 4.78 is 14.5. The van der Waals surface area contributed by atoms with Gasteiger partial charge in [-0.3, -0.25) is 0 Å². The molecule has 0 saturated heterocycles. The van der Waals surface area contributed by atoms with Crippen molar-refractivity contribution < 1.29 is 4.39 Å². The van der Waals surface area contributed by atoms with E-state index in [4.69, 9.17) is 0 Å². The van der Waals surface area contributed by atoms with Crippen molar-refractivity contribution in [2.75, 3.05) is 6.54 Å². The Hall–Kier alpha value is -0.410. The largest absolute Gasteiger partial charge is 0.314 e. The van der Waals surface area contributed by atoms with E-state index < -0.39 is 0 Å². The normalized spacial score (nSPS) is 12.8. The highest BCUT2D eigenvalue weighted by molar-refractivity contribution is 9.10. The summed E-state index contributed by atoms with van der Waals surface area (Å²) in [5.74, 6) is -0.111. The number of rotatable bonds is 6. The van der Waals surface area contributed by atoms with Gasteiger partial charge in [0.15, 0.2) is 0 Å². The number of benzene rings is 1. The molecule has 0 heterocycles. The molecule has 0 aliphatic heterocycles. The first-order chi connectivity index (χ1) is 7.67. The average molecular weight is 288 g/mol. The van der Waals surface area contributed by atoms with Gasteiger partial charge in [0.1, 0.15) is 5.82 Å². The van der Waals surface area contributed by atoms with Gasteiger partial charge in [-0.2, -0.15) is 0 Å². The third kappa shape index (κ3) is 4.22. The molecular weight excluding hydrogens is 269 g/mol. The van der Waals surface area contributed by atoms with Gasteiger partial charge in [-0.25, -0.2) is 4.39 Å². The maximum Gasteiger partial charge on any atom is 0.126 e. The van der Waals surface area contributed by atoms with Crippen molar-refractivity contribution in [1.29, 1.82) is 0 Å². The maximum atomic E-state index is 13.5. The van der Waals surface area contributed by atoms with E-state index in [0.717, 1.165) is 35.8 Å². The molecule has 1 N–H and O–H groups in total. The third-order valence-electron chi connectivity index (χ3n) is 2.65. The van der Waals surface area contributed by atoms with E-state index >= 15 is 0 Å².